The number of aromatic amines is 1. The van der Waals surface area contributed by atoms with Crippen LogP contribution >= 0.6 is 11.6 Å². The van der Waals surface area contributed by atoms with E-state index in [2.05, 4.69) is 62.6 Å². The number of fused-ring (bicyclic) bond motifs is 1. The van der Waals surface area contributed by atoms with Crippen LogP contribution < -0.4 is 10.5 Å². The summed E-state index contributed by atoms with van der Waals surface area (Å²) in [6, 6.07) is 10.5. The lowest BCUT2D eigenvalue weighted by molar-refractivity contribution is 0.310. The lowest BCUT2D eigenvalue weighted by atomic mass is 9.94. The van der Waals surface area contributed by atoms with Crippen molar-refractivity contribution in [1.82, 2.24) is 9.88 Å². The van der Waals surface area contributed by atoms with Gasteiger partial charge in [0.15, 0.2) is 0 Å². The van der Waals surface area contributed by atoms with Gasteiger partial charge in [-0.2, -0.15) is 0 Å². The van der Waals surface area contributed by atoms with Crippen molar-refractivity contribution in [3.05, 3.63) is 81.2 Å². The maximum absolute atomic E-state index is 6.29. The number of para-hydroxylation sites is 1. The number of rotatable bonds is 10. The van der Waals surface area contributed by atoms with E-state index in [1.165, 1.54) is 33.5 Å². The normalized spacial score (nSPS) is 12.1. The molecule has 0 atom stereocenters. The van der Waals surface area contributed by atoms with Gasteiger partial charge in [0.2, 0.25) is 0 Å². The molecule has 0 radical (unpaired) electrons. The molecule has 3 N–H and O–H groups in total. The van der Waals surface area contributed by atoms with Crippen LogP contribution in [0.4, 0.5) is 0 Å². The van der Waals surface area contributed by atoms with Gasteiger partial charge in [0.25, 0.3) is 0 Å². The zero-order valence-electron chi connectivity index (χ0n) is 21.4. The topological polar surface area (TPSA) is 54.3 Å². The van der Waals surface area contributed by atoms with E-state index in [0.29, 0.717) is 13.2 Å². The van der Waals surface area contributed by atoms with E-state index in [4.69, 9.17) is 22.1 Å². The molecular formula is C29H38ClN3O. The van der Waals surface area contributed by atoms with Crippen LogP contribution in [0.1, 0.15) is 48.2 Å². The maximum Gasteiger partial charge on any atom is 0.119 e. The first-order valence-corrected chi connectivity index (χ1v) is 12.3. The van der Waals surface area contributed by atoms with Crippen LogP contribution in [0.15, 0.2) is 48.2 Å². The summed E-state index contributed by atoms with van der Waals surface area (Å²) in [5, 5.41) is 2.06. The summed E-state index contributed by atoms with van der Waals surface area (Å²) in [7, 11) is 4.14. The van der Waals surface area contributed by atoms with Crippen LogP contribution in [0.25, 0.3) is 16.5 Å². The molecule has 3 aromatic rings. The number of allylic oxidation sites excluding steroid dienone is 3. The molecule has 1 heterocycles. The Morgan fingerprint density at radius 1 is 1.12 bits per heavy atom. The second kappa shape index (κ2) is 11.2. The predicted molar refractivity (Wildman–Crippen MR) is 147 cm³/mol. The van der Waals surface area contributed by atoms with Crippen LogP contribution in [0.5, 0.6) is 5.75 Å². The molecule has 5 heteroatoms. The SMILES string of the molecule is C=C(C)/C(=C(/C)N(C)C)c1cccc2c(CCCOc3cc(C)c(Cl)c(C)c3)c(CCN)[nH]c12. The fourth-order valence-corrected chi connectivity index (χ4v) is 4.67. The third-order valence-electron chi connectivity index (χ3n) is 6.40. The molecule has 0 bridgehead atoms. The first-order valence-electron chi connectivity index (χ1n) is 11.9. The molecule has 0 saturated carbocycles. The molecule has 0 fully saturated rings. The molecule has 3 rings (SSSR count). The van der Waals surface area contributed by atoms with Crippen LogP contribution in [0.2, 0.25) is 5.02 Å². The number of hydrogen-bond acceptors (Lipinski definition) is 3. The van der Waals surface area contributed by atoms with Gasteiger partial charge in [-0.25, -0.2) is 0 Å². The van der Waals surface area contributed by atoms with E-state index >= 15 is 0 Å². The van der Waals surface area contributed by atoms with Gasteiger partial charge in [-0.1, -0.05) is 36.4 Å². The Balaban J connectivity index is 1.90. The summed E-state index contributed by atoms with van der Waals surface area (Å²) >= 11 is 6.29. The lowest BCUT2D eigenvalue weighted by Crippen LogP contribution is -2.11. The summed E-state index contributed by atoms with van der Waals surface area (Å²) in [6.07, 6.45) is 2.65. The van der Waals surface area contributed by atoms with Crippen LogP contribution in [-0.4, -0.2) is 37.1 Å². The minimum absolute atomic E-state index is 0.606. The van der Waals surface area contributed by atoms with Gasteiger partial charge in [-0.05, 0) is 81.5 Å². The van der Waals surface area contributed by atoms with Crippen molar-refractivity contribution in [3.63, 3.8) is 0 Å². The average molecular weight is 480 g/mol. The lowest BCUT2D eigenvalue weighted by Gasteiger charge is -2.20. The Hall–Kier alpha value is -2.69. The van der Waals surface area contributed by atoms with Crippen molar-refractivity contribution in [1.29, 1.82) is 0 Å². The highest BCUT2D eigenvalue weighted by Gasteiger charge is 2.18. The zero-order chi connectivity index (χ0) is 25.0. The van der Waals surface area contributed by atoms with Crippen molar-refractivity contribution >= 4 is 28.1 Å². The molecule has 0 spiro atoms. The summed E-state index contributed by atoms with van der Waals surface area (Å²) in [5.74, 6) is 0.873. The van der Waals surface area contributed by atoms with Gasteiger partial charge in [-0.3, -0.25) is 0 Å². The molecule has 4 nitrogen and oxygen atoms in total. The smallest absolute Gasteiger partial charge is 0.119 e. The summed E-state index contributed by atoms with van der Waals surface area (Å²) < 4.78 is 6.07. The fraction of sp³-hybridized carbons (Fsp3) is 0.379. The highest BCUT2D eigenvalue weighted by molar-refractivity contribution is 6.32. The fourth-order valence-electron chi connectivity index (χ4n) is 4.56. The van der Waals surface area contributed by atoms with Crippen molar-refractivity contribution < 1.29 is 4.74 Å². The second-order valence-corrected chi connectivity index (χ2v) is 9.69. The molecule has 0 unspecified atom stereocenters. The van der Waals surface area contributed by atoms with E-state index < -0.39 is 0 Å². The van der Waals surface area contributed by atoms with Gasteiger partial charge in [0.1, 0.15) is 5.75 Å². The Labute approximate surface area is 209 Å². The minimum Gasteiger partial charge on any atom is -0.494 e. The third kappa shape index (κ3) is 5.51. The molecule has 0 saturated heterocycles. The van der Waals surface area contributed by atoms with E-state index in [0.717, 1.165) is 52.3 Å². The molecule has 0 amide bonds. The molecule has 0 aliphatic carbocycles. The van der Waals surface area contributed by atoms with Gasteiger partial charge < -0.3 is 20.4 Å². The van der Waals surface area contributed by atoms with E-state index in [-0.39, 0.29) is 0 Å². The number of nitrogens with zero attached hydrogens (tertiary/aromatic N) is 1. The van der Waals surface area contributed by atoms with Gasteiger partial charge in [-0.15, -0.1) is 0 Å². The van der Waals surface area contributed by atoms with Gasteiger partial charge in [0, 0.05) is 53.5 Å². The largest absolute Gasteiger partial charge is 0.494 e. The zero-order valence-corrected chi connectivity index (χ0v) is 22.2. The Bertz CT molecular complexity index is 1200. The number of aryl methyl sites for hydroxylation is 3. The summed E-state index contributed by atoms with van der Waals surface area (Å²) in [5.41, 5.74) is 16.4. The van der Waals surface area contributed by atoms with E-state index in [1.807, 2.05) is 26.0 Å². The molecule has 1 aromatic heterocycles. The van der Waals surface area contributed by atoms with Crippen molar-refractivity contribution in [2.45, 2.75) is 47.0 Å². The maximum atomic E-state index is 6.29. The quantitative estimate of drug-likeness (QED) is 0.248. The Morgan fingerprint density at radius 2 is 1.79 bits per heavy atom. The highest BCUT2D eigenvalue weighted by atomic mass is 35.5. The van der Waals surface area contributed by atoms with Crippen molar-refractivity contribution in [3.8, 4) is 5.75 Å². The molecule has 182 valence electrons. The molecular weight excluding hydrogens is 442 g/mol. The van der Waals surface area contributed by atoms with Crippen molar-refractivity contribution in [2.24, 2.45) is 5.73 Å². The standard InChI is InChI=1S/C29H38ClN3O/c1-18(2)27(21(5)33(6)7)25-11-8-10-24-23(26(13-14-31)32-29(24)25)12-9-15-34-22-16-19(3)28(30)20(4)17-22/h8,10-11,16-17,32H,1,9,12-15,31H2,2-7H3/b27-21+. The van der Waals surface area contributed by atoms with Crippen LogP contribution in [0, 0.1) is 13.8 Å². The molecule has 2 aromatic carbocycles. The minimum atomic E-state index is 0.606. The average Bonchev–Trinajstić information content (AvgIpc) is 3.13. The number of hydrogen-bond donors (Lipinski definition) is 2. The van der Waals surface area contributed by atoms with E-state index in [1.54, 1.807) is 0 Å². The number of aromatic nitrogens is 1. The molecule has 34 heavy (non-hydrogen) atoms. The number of halogens is 1. The summed E-state index contributed by atoms with van der Waals surface area (Å²) in [4.78, 5) is 5.86. The first-order chi connectivity index (χ1) is 16.1. The first kappa shape index (κ1) is 25.9. The monoisotopic (exact) mass is 479 g/mol. The number of nitrogens with one attached hydrogen (secondary N) is 1. The number of nitrogens with two attached hydrogens (primary N) is 1. The summed E-state index contributed by atoms with van der Waals surface area (Å²) in [6.45, 7) is 13.8. The van der Waals surface area contributed by atoms with Crippen molar-refractivity contribution in [2.75, 3.05) is 27.2 Å². The number of H-pyrrole nitrogens is 1. The predicted octanol–water partition coefficient (Wildman–Crippen LogP) is 6.82. The van der Waals surface area contributed by atoms with Crippen LogP contribution in [-0.2, 0) is 12.8 Å². The third-order valence-corrected chi connectivity index (χ3v) is 7.00. The van der Waals surface area contributed by atoms with E-state index in [9.17, 15) is 0 Å². The second-order valence-electron chi connectivity index (χ2n) is 9.31. The Kier molecular flexibility index (Phi) is 8.51. The Morgan fingerprint density at radius 3 is 2.38 bits per heavy atom. The van der Waals surface area contributed by atoms with Crippen LogP contribution in [0.3, 0.4) is 0 Å². The molecule has 0 aliphatic rings. The number of benzene rings is 2. The highest BCUT2D eigenvalue weighted by Crippen LogP contribution is 2.35. The van der Waals surface area contributed by atoms with Gasteiger partial charge in [0.05, 0.1) is 12.1 Å². The van der Waals surface area contributed by atoms with Gasteiger partial charge >= 0.3 is 0 Å². The molecule has 0 aliphatic heterocycles. The number of ether oxygens (including phenoxy) is 1.